The number of benzene rings is 2. The van der Waals surface area contributed by atoms with Crippen molar-refractivity contribution in [3.63, 3.8) is 0 Å². The first-order valence-electron chi connectivity index (χ1n) is 6.26. The molecular weight excluding hydrogens is 325 g/mol. The Balaban J connectivity index is 1.85. The molecular formula is C15H9Cl2N3O2. The van der Waals surface area contributed by atoms with Crippen LogP contribution < -0.4 is 5.32 Å². The predicted molar refractivity (Wildman–Crippen MR) is 84.1 cm³/mol. The number of anilines is 1. The highest BCUT2D eigenvalue weighted by Crippen LogP contribution is 2.24. The summed E-state index contributed by atoms with van der Waals surface area (Å²) >= 11 is 11.9. The Morgan fingerprint density at radius 1 is 1.14 bits per heavy atom. The minimum atomic E-state index is -0.352. The maximum Gasteiger partial charge on any atom is 0.257 e. The number of rotatable bonds is 3. The van der Waals surface area contributed by atoms with Gasteiger partial charge < -0.3 is 9.73 Å². The van der Waals surface area contributed by atoms with Crippen LogP contribution in [-0.4, -0.2) is 16.1 Å². The molecule has 5 nitrogen and oxygen atoms in total. The second-order valence-electron chi connectivity index (χ2n) is 4.40. The molecule has 0 atom stereocenters. The van der Waals surface area contributed by atoms with Crippen LogP contribution in [0.5, 0.6) is 0 Å². The molecule has 0 aliphatic carbocycles. The Kier molecular flexibility index (Phi) is 4.09. The van der Waals surface area contributed by atoms with E-state index in [1.54, 1.807) is 36.4 Å². The number of hydrogen-bond acceptors (Lipinski definition) is 4. The first-order chi connectivity index (χ1) is 10.6. The maximum atomic E-state index is 12.3. The number of halogens is 2. The van der Waals surface area contributed by atoms with Gasteiger partial charge >= 0.3 is 0 Å². The van der Waals surface area contributed by atoms with E-state index in [-0.39, 0.29) is 5.91 Å². The fraction of sp³-hybridized carbons (Fsp3) is 0. The molecule has 7 heteroatoms. The summed E-state index contributed by atoms with van der Waals surface area (Å²) in [6.45, 7) is 0. The average Bonchev–Trinajstić information content (AvgIpc) is 3.04. The van der Waals surface area contributed by atoms with Crippen molar-refractivity contribution < 1.29 is 9.21 Å². The number of hydrogen-bond donors (Lipinski definition) is 1. The first-order valence-corrected chi connectivity index (χ1v) is 7.02. The van der Waals surface area contributed by atoms with Gasteiger partial charge in [0.1, 0.15) is 0 Å². The van der Waals surface area contributed by atoms with Gasteiger partial charge in [-0.3, -0.25) is 4.79 Å². The zero-order valence-corrected chi connectivity index (χ0v) is 12.6. The van der Waals surface area contributed by atoms with E-state index < -0.39 is 0 Å². The molecule has 0 radical (unpaired) electrons. The lowest BCUT2D eigenvalue weighted by molar-refractivity contribution is 0.102. The highest BCUT2D eigenvalue weighted by Gasteiger charge is 2.12. The van der Waals surface area contributed by atoms with E-state index in [1.807, 2.05) is 0 Å². The highest BCUT2D eigenvalue weighted by atomic mass is 35.5. The van der Waals surface area contributed by atoms with Crippen LogP contribution in [0.2, 0.25) is 10.0 Å². The number of nitrogens with one attached hydrogen (secondary N) is 1. The van der Waals surface area contributed by atoms with Crippen LogP contribution in [-0.2, 0) is 0 Å². The zero-order valence-electron chi connectivity index (χ0n) is 11.1. The van der Waals surface area contributed by atoms with Crippen LogP contribution >= 0.6 is 23.2 Å². The monoisotopic (exact) mass is 333 g/mol. The van der Waals surface area contributed by atoms with Crippen molar-refractivity contribution >= 4 is 34.8 Å². The standard InChI is InChI=1S/C15H9Cl2N3O2/c16-10-4-5-13(17)12(7-10)14(21)19-11-3-1-2-9(6-11)15-20-18-8-22-15/h1-8H,(H,19,21). The number of amides is 1. The zero-order chi connectivity index (χ0) is 15.5. The molecule has 3 rings (SSSR count). The topological polar surface area (TPSA) is 68.0 Å². The fourth-order valence-corrected chi connectivity index (χ4v) is 2.27. The molecule has 22 heavy (non-hydrogen) atoms. The van der Waals surface area contributed by atoms with Gasteiger partial charge in [-0.05, 0) is 36.4 Å². The largest absolute Gasteiger partial charge is 0.423 e. The molecule has 0 fully saturated rings. The van der Waals surface area contributed by atoms with Gasteiger partial charge in [0.05, 0.1) is 10.6 Å². The Morgan fingerprint density at radius 3 is 2.77 bits per heavy atom. The normalized spacial score (nSPS) is 10.5. The summed E-state index contributed by atoms with van der Waals surface area (Å²) in [6, 6.07) is 11.8. The molecule has 1 heterocycles. The van der Waals surface area contributed by atoms with Crippen molar-refractivity contribution in [3.05, 3.63) is 64.5 Å². The van der Waals surface area contributed by atoms with E-state index in [2.05, 4.69) is 15.5 Å². The summed E-state index contributed by atoms with van der Waals surface area (Å²) in [5.74, 6) is 0.0204. The summed E-state index contributed by atoms with van der Waals surface area (Å²) < 4.78 is 5.13. The Morgan fingerprint density at radius 2 is 2.00 bits per heavy atom. The van der Waals surface area contributed by atoms with Gasteiger partial charge in [-0.15, -0.1) is 10.2 Å². The SMILES string of the molecule is O=C(Nc1cccc(-c2nnco2)c1)c1cc(Cl)ccc1Cl. The van der Waals surface area contributed by atoms with E-state index in [4.69, 9.17) is 27.6 Å². The Bertz CT molecular complexity index is 819. The lowest BCUT2D eigenvalue weighted by Crippen LogP contribution is -2.12. The predicted octanol–water partition coefficient (Wildman–Crippen LogP) is 4.30. The third-order valence-electron chi connectivity index (χ3n) is 2.90. The quantitative estimate of drug-likeness (QED) is 0.776. The summed E-state index contributed by atoms with van der Waals surface area (Å²) in [5.41, 5.74) is 1.58. The van der Waals surface area contributed by atoms with E-state index in [0.717, 1.165) is 0 Å². The summed E-state index contributed by atoms with van der Waals surface area (Å²) in [5, 5.41) is 11.0. The van der Waals surface area contributed by atoms with Crippen LogP contribution in [0, 0.1) is 0 Å². The van der Waals surface area contributed by atoms with Crippen LogP contribution in [0.25, 0.3) is 11.5 Å². The van der Waals surface area contributed by atoms with E-state index in [9.17, 15) is 4.79 Å². The molecule has 0 saturated carbocycles. The molecule has 110 valence electrons. The van der Waals surface area contributed by atoms with E-state index >= 15 is 0 Å². The third kappa shape index (κ3) is 3.10. The number of nitrogens with zero attached hydrogens (tertiary/aromatic N) is 2. The van der Waals surface area contributed by atoms with Crippen LogP contribution in [0.15, 0.2) is 53.3 Å². The Hall–Kier alpha value is -2.37. The molecule has 3 aromatic rings. The van der Waals surface area contributed by atoms with Gasteiger partial charge in [-0.1, -0.05) is 29.3 Å². The molecule has 0 aliphatic rings. The van der Waals surface area contributed by atoms with Crippen molar-refractivity contribution in [1.29, 1.82) is 0 Å². The minimum Gasteiger partial charge on any atom is -0.423 e. The number of carbonyl (C=O) groups is 1. The molecule has 1 N–H and O–H groups in total. The second-order valence-corrected chi connectivity index (χ2v) is 5.25. The van der Waals surface area contributed by atoms with Gasteiger partial charge in [0.15, 0.2) is 0 Å². The molecule has 0 bridgehead atoms. The molecule has 0 aliphatic heterocycles. The van der Waals surface area contributed by atoms with Gasteiger partial charge in [-0.25, -0.2) is 0 Å². The summed E-state index contributed by atoms with van der Waals surface area (Å²) in [6.07, 6.45) is 1.24. The molecule has 0 spiro atoms. The van der Waals surface area contributed by atoms with Crippen molar-refractivity contribution in [3.8, 4) is 11.5 Å². The molecule has 1 aromatic heterocycles. The van der Waals surface area contributed by atoms with Crippen molar-refractivity contribution in [1.82, 2.24) is 10.2 Å². The average molecular weight is 334 g/mol. The second kappa shape index (κ2) is 6.17. The first kappa shape index (κ1) is 14.6. The summed E-state index contributed by atoms with van der Waals surface area (Å²) in [7, 11) is 0. The number of carbonyl (C=O) groups excluding carboxylic acids is 1. The Labute approximate surface area is 135 Å². The lowest BCUT2D eigenvalue weighted by Gasteiger charge is -2.08. The molecule has 0 unspecified atom stereocenters. The van der Waals surface area contributed by atoms with Gasteiger partial charge in [-0.2, -0.15) is 0 Å². The lowest BCUT2D eigenvalue weighted by atomic mass is 10.1. The molecule has 1 amide bonds. The van der Waals surface area contributed by atoms with Gasteiger partial charge in [0, 0.05) is 16.3 Å². The minimum absolute atomic E-state index is 0.303. The highest BCUT2D eigenvalue weighted by molar-refractivity contribution is 6.36. The molecule has 2 aromatic carbocycles. The van der Waals surface area contributed by atoms with Crippen molar-refractivity contribution in [2.75, 3.05) is 5.32 Å². The van der Waals surface area contributed by atoms with Gasteiger partial charge in [0.25, 0.3) is 5.91 Å². The third-order valence-corrected chi connectivity index (χ3v) is 3.47. The van der Waals surface area contributed by atoms with E-state index in [0.29, 0.717) is 32.8 Å². The fourth-order valence-electron chi connectivity index (χ4n) is 1.90. The van der Waals surface area contributed by atoms with Crippen molar-refractivity contribution in [2.24, 2.45) is 0 Å². The maximum absolute atomic E-state index is 12.3. The van der Waals surface area contributed by atoms with Crippen molar-refractivity contribution in [2.45, 2.75) is 0 Å². The van der Waals surface area contributed by atoms with Gasteiger partial charge in [0.2, 0.25) is 12.3 Å². The van der Waals surface area contributed by atoms with Crippen LogP contribution in [0.3, 0.4) is 0 Å². The van der Waals surface area contributed by atoms with Crippen LogP contribution in [0.1, 0.15) is 10.4 Å². The van der Waals surface area contributed by atoms with Crippen LogP contribution in [0.4, 0.5) is 5.69 Å². The van der Waals surface area contributed by atoms with E-state index in [1.165, 1.54) is 12.5 Å². The number of aromatic nitrogens is 2. The molecule has 0 saturated heterocycles. The summed E-state index contributed by atoms with van der Waals surface area (Å²) in [4.78, 5) is 12.3. The smallest absolute Gasteiger partial charge is 0.257 e.